The van der Waals surface area contributed by atoms with E-state index in [4.69, 9.17) is 14.2 Å². The molecule has 2 aromatic rings. The summed E-state index contributed by atoms with van der Waals surface area (Å²) in [5.74, 6) is 1.34. The van der Waals surface area contributed by atoms with Crippen LogP contribution in [0.1, 0.15) is 12.8 Å². The molecule has 162 valence electrons. The van der Waals surface area contributed by atoms with Crippen LogP contribution in [0, 0.1) is 0 Å². The Morgan fingerprint density at radius 2 is 1.90 bits per heavy atom. The summed E-state index contributed by atoms with van der Waals surface area (Å²) in [6, 6.07) is 12.7. The predicted octanol–water partition coefficient (Wildman–Crippen LogP) is 1.86. The lowest BCUT2D eigenvalue weighted by Gasteiger charge is -2.26. The van der Waals surface area contributed by atoms with Gasteiger partial charge in [0, 0.05) is 6.42 Å². The van der Waals surface area contributed by atoms with E-state index in [9.17, 15) is 14.4 Å². The Morgan fingerprint density at radius 3 is 2.65 bits per heavy atom. The van der Waals surface area contributed by atoms with Crippen molar-refractivity contribution in [3.05, 3.63) is 48.5 Å². The van der Waals surface area contributed by atoms with Gasteiger partial charge in [0.2, 0.25) is 5.91 Å². The average molecular weight is 425 g/mol. The van der Waals surface area contributed by atoms with E-state index < -0.39 is 12.1 Å². The van der Waals surface area contributed by atoms with Gasteiger partial charge in [0.15, 0.2) is 11.5 Å². The molecule has 31 heavy (non-hydrogen) atoms. The number of amides is 4. The molecule has 1 fully saturated rings. The van der Waals surface area contributed by atoms with Crippen LogP contribution < -0.4 is 29.7 Å². The first-order valence-electron chi connectivity index (χ1n) is 9.99. The highest BCUT2D eigenvalue weighted by molar-refractivity contribution is 6.21. The van der Waals surface area contributed by atoms with Crippen LogP contribution in [0.4, 0.5) is 10.5 Å². The summed E-state index contributed by atoms with van der Waals surface area (Å²) in [5.41, 5.74) is 0.449. The standard InChI is InChI=1S/C22H23N3O6/c1-29-15-8-6-14(7-9-15)25-21(27)17(24-22(25)28)10-11-20(26)23-12-16-13-30-18-4-2-3-5-19(18)31-16/h2-9,16-17H,10-13H2,1H3,(H,23,26)(H,24,28)/t16-,17-/m1/s1. The van der Waals surface area contributed by atoms with Crippen LogP contribution in [0.15, 0.2) is 48.5 Å². The summed E-state index contributed by atoms with van der Waals surface area (Å²) in [7, 11) is 1.54. The van der Waals surface area contributed by atoms with Crippen LogP contribution >= 0.6 is 0 Å². The van der Waals surface area contributed by atoms with Gasteiger partial charge in [-0.05, 0) is 42.8 Å². The Labute approximate surface area is 179 Å². The lowest BCUT2D eigenvalue weighted by Crippen LogP contribution is -2.41. The van der Waals surface area contributed by atoms with Crippen molar-refractivity contribution >= 4 is 23.5 Å². The molecule has 2 atom stereocenters. The van der Waals surface area contributed by atoms with Crippen molar-refractivity contribution in [2.24, 2.45) is 0 Å². The van der Waals surface area contributed by atoms with Gasteiger partial charge in [-0.2, -0.15) is 0 Å². The van der Waals surface area contributed by atoms with E-state index in [0.717, 1.165) is 4.90 Å². The number of anilines is 1. The molecule has 0 unspecified atom stereocenters. The monoisotopic (exact) mass is 425 g/mol. The molecule has 0 radical (unpaired) electrons. The van der Waals surface area contributed by atoms with E-state index in [1.165, 1.54) is 7.11 Å². The minimum atomic E-state index is -0.749. The molecule has 0 aliphatic carbocycles. The van der Waals surface area contributed by atoms with Crippen LogP contribution in [-0.4, -0.2) is 50.3 Å². The number of benzene rings is 2. The molecule has 9 nitrogen and oxygen atoms in total. The van der Waals surface area contributed by atoms with Gasteiger partial charge < -0.3 is 24.8 Å². The fraction of sp³-hybridized carbons (Fsp3) is 0.318. The second kappa shape index (κ2) is 8.95. The molecule has 1 saturated heterocycles. The van der Waals surface area contributed by atoms with E-state index in [2.05, 4.69) is 10.6 Å². The lowest BCUT2D eigenvalue weighted by molar-refractivity contribution is -0.122. The molecular weight excluding hydrogens is 402 g/mol. The van der Waals surface area contributed by atoms with E-state index in [1.807, 2.05) is 24.3 Å². The predicted molar refractivity (Wildman–Crippen MR) is 111 cm³/mol. The molecule has 2 N–H and O–H groups in total. The normalized spacial score (nSPS) is 19.7. The van der Waals surface area contributed by atoms with Gasteiger partial charge in [0.1, 0.15) is 24.5 Å². The molecule has 0 spiro atoms. The number of methoxy groups -OCH3 is 1. The third-order valence-corrected chi connectivity index (χ3v) is 5.10. The first-order chi connectivity index (χ1) is 15.0. The molecule has 2 aliphatic rings. The number of para-hydroxylation sites is 2. The maximum absolute atomic E-state index is 12.6. The average Bonchev–Trinajstić information content (AvgIpc) is 3.09. The Bertz CT molecular complexity index is 977. The van der Waals surface area contributed by atoms with Gasteiger partial charge in [-0.25, -0.2) is 9.69 Å². The van der Waals surface area contributed by atoms with E-state index >= 15 is 0 Å². The molecule has 2 aromatic carbocycles. The number of carbonyl (C=O) groups excluding carboxylic acids is 3. The topological polar surface area (TPSA) is 106 Å². The number of fused-ring (bicyclic) bond motifs is 1. The number of hydrogen-bond acceptors (Lipinski definition) is 6. The molecule has 0 saturated carbocycles. The van der Waals surface area contributed by atoms with Crippen molar-refractivity contribution in [3.63, 3.8) is 0 Å². The van der Waals surface area contributed by atoms with Crippen molar-refractivity contribution in [2.75, 3.05) is 25.2 Å². The Morgan fingerprint density at radius 1 is 1.16 bits per heavy atom. The molecule has 0 aromatic heterocycles. The summed E-state index contributed by atoms with van der Waals surface area (Å²) in [6.07, 6.45) is 0.00261. The van der Waals surface area contributed by atoms with E-state index in [-0.39, 0.29) is 37.3 Å². The minimum Gasteiger partial charge on any atom is -0.497 e. The number of carbonyl (C=O) groups is 3. The quantitative estimate of drug-likeness (QED) is 0.656. The zero-order valence-electron chi connectivity index (χ0n) is 17.0. The number of nitrogens with zero attached hydrogens (tertiary/aromatic N) is 1. The fourth-order valence-corrected chi connectivity index (χ4v) is 3.46. The zero-order valence-corrected chi connectivity index (χ0v) is 17.0. The maximum atomic E-state index is 12.6. The van der Waals surface area contributed by atoms with Crippen LogP contribution in [0.5, 0.6) is 17.2 Å². The highest BCUT2D eigenvalue weighted by Crippen LogP contribution is 2.30. The second-order valence-electron chi connectivity index (χ2n) is 7.21. The van der Waals surface area contributed by atoms with E-state index in [0.29, 0.717) is 29.5 Å². The molecule has 0 bridgehead atoms. The van der Waals surface area contributed by atoms with Crippen molar-refractivity contribution in [3.8, 4) is 17.2 Å². The summed E-state index contributed by atoms with van der Waals surface area (Å²) in [4.78, 5) is 38.2. The fourth-order valence-electron chi connectivity index (χ4n) is 3.46. The first kappa shape index (κ1) is 20.5. The summed E-state index contributed by atoms with van der Waals surface area (Å²) >= 11 is 0. The lowest BCUT2D eigenvalue weighted by atomic mass is 10.1. The molecule has 4 rings (SSSR count). The smallest absolute Gasteiger partial charge is 0.329 e. The number of hydrogen-bond donors (Lipinski definition) is 2. The van der Waals surface area contributed by atoms with Crippen LogP contribution in [0.25, 0.3) is 0 Å². The number of ether oxygens (including phenoxy) is 3. The number of nitrogens with one attached hydrogen (secondary N) is 2. The summed E-state index contributed by atoms with van der Waals surface area (Å²) in [5, 5.41) is 5.43. The summed E-state index contributed by atoms with van der Waals surface area (Å²) in [6.45, 7) is 0.626. The van der Waals surface area contributed by atoms with Crippen molar-refractivity contribution in [1.29, 1.82) is 0 Å². The molecular formula is C22H23N3O6. The van der Waals surface area contributed by atoms with Crippen LogP contribution in [-0.2, 0) is 9.59 Å². The van der Waals surface area contributed by atoms with E-state index in [1.54, 1.807) is 24.3 Å². The molecule has 4 amide bonds. The maximum Gasteiger partial charge on any atom is 0.329 e. The Balaban J connectivity index is 1.25. The summed E-state index contributed by atoms with van der Waals surface area (Å²) < 4.78 is 16.5. The molecule has 9 heteroatoms. The van der Waals surface area contributed by atoms with Gasteiger partial charge in [0.25, 0.3) is 5.91 Å². The van der Waals surface area contributed by atoms with Crippen molar-refractivity contribution < 1.29 is 28.6 Å². The highest BCUT2D eigenvalue weighted by Gasteiger charge is 2.39. The molecule has 2 heterocycles. The van der Waals surface area contributed by atoms with Gasteiger partial charge in [-0.15, -0.1) is 0 Å². The third kappa shape index (κ3) is 4.55. The van der Waals surface area contributed by atoms with Crippen molar-refractivity contribution in [2.45, 2.75) is 25.0 Å². The minimum absolute atomic E-state index is 0.0945. The third-order valence-electron chi connectivity index (χ3n) is 5.10. The number of rotatable bonds is 7. The van der Waals surface area contributed by atoms with Gasteiger partial charge in [-0.3, -0.25) is 9.59 Å². The zero-order chi connectivity index (χ0) is 21.8. The largest absolute Gasteiger partial charge is 0.497 e. The number of imide groups is 1. The van der Waals surface area contributed by atoms with Gasteiger partial charge in [0.05, 0.1) is 19.3 Å². The Kier molecular flexibility index (Phi) is 5.92. The molecule has 2 aliphatic heterocycles. The second-order valence-corrected chi connectivity index (χ2v) is 7.21. The Hall–Kier alpha value is -3.75. The van der Waals surface area contributed by atoms with Crippen LogP contribution in [0.2, 0.25) is 0 Å². The van der Waals surface area contributed by atoms with Gasteiger partial charge >= 0.3 is 6.03 Å². The van der Waals surface area contributed by atoms with Gasteiger partial charge in [-0.1, -0.05) is 12.1 Å². The van der Waals surface area contributed by atoms with Crippen LogP contribution in [0.3, 0.4) is 0 Å². The highest BCUT2D eigenvalue weighted by atomic mass is 16.6. The number of urea groups is 1. The SMILES string of the molecule is COc1ccc(N2C(=O)N[C@H](CCC(=O)NC[C@@H]3COc4ccccc4O3)C2=O)cc1. The first-order valence-corrected chi connectivity index (χ1v) is 9.99. The van der Waals surface area contributed by atoms with Crippen molar-refractivity contribution in [1.82, 2.24) is 10.6 Å².